The third-order valence-electron chi connectivity index (χ3n) is 8.12. The summed E-state index contributed by atoms with van der Waals surface area (Å²) in [4.78, 5) is 66.8. The monoisotopic (exact) mass is 695 g/mol. The average Bonchev–Trinajstić information content (AvgIpc) is 3.51. The van der Waals surface area contributed by atoms with Crippen molar-refractivity contribution in [1.82, 2.24) is 20.9 Å². The number of carbonyl (C=O) groups is 5. The largest absolute Gasteiger partial charge is 0.459 e. The van der Waals surface area contributed by atoms with Crippen LogP contribution in [0.25, 0.3) is 0 Å². The van der Waals surface area contributed by atoms with Gasteiger partial charge in [0.2, 0.25) is 17.7 Å². The van der Waals surface area contributed by atoms with Crippen LogP contribution in [-0.4, -0.2) is 88.8 Å². The van der Waals surface area contributed by atoms with Crippen molar-refractivity contribution in [1.29, 1.82) is 0 Å². The third kappa shape index (κ3) is 13.8. The van der Waals surface area contributed by atoms with E-state index in [0.717, 1.165) is 17.5 Å². The molecule has 50 heavy (non-hydrogen) atoms. The van der Waals surface area contributed by atoms with Crippen LogP contribution < -0.4 is 21.7 Å². The number of esters is 1. The molecule has 274 valence electrons. The van der Waals surface area contributed by atoms with Crippen molar-refractivity contribution in [2.75, 3.05) is 13.1 Å². The van der Waals surface area contributed by atoms with Crippen LogP contribution in [0.5, 0.6) is 0 Å². The second-order valence-corrected chi connectivity index (χ2v) is 14.2. The van der Waals surface area contributed by atoms with Gasteiger partial charge in [-0.3, -0.25) is 24.1 Å². The van der Waals surface area contributed by atoms with E-state index in [2.05, 4.69) is 16.0 Å². The van der Waals surface area contributed by atoms with Gasteiger partial charge < -0.3 is 36.3 Å². The number of alkyl carbamates (subject to hydrolysis) is 1. The van der Waals surface area contributed by atoms with E-state index in [4.69, 9.17) is 15.2 Å². The molecule has 3 rings (SSSR count). The highest BCUT2D eigenvalue weighted by atomic mass is 16.6. The van der Waals surface area contributed by atoms with E-state index in [0.29, 0.717) is 13.0 Å². The van der Waals surface area contributed by atoms with Crippen molar-refractivity contribution in [3.8, 4) is 0 Å². The maximum Gasteiger partial charge on any atom is 0.408 e. The fraction of sp³-hybridized carbons (Fsp3) is 0.541. The molecule has 0 spiro atoms. The third-order valence-corrected chi connectivity index (χ3v) is 8.12. The number of hydrogen-bond donors (Lipinski definition) is 5. The first-order valence-electron chi connectivity index (χ1n) is 17.2. The fourth-order valence-electron chi connectivity index (χ4n) is 5.78. The van der Waals surface area contributed by atoms with Gasteiger partial charge in [0.05, 0.1) is 18.6 Å². The number of benzene rings is 2. The van der Waals surface area contributed by atoms with Gasteiger partial charge in [0, 0.05) is 6.54 Å². The van der Waals surface area contributed by atoms with E-state index >= 15 is 0 Å². The van der Waals surface area contributed by atoms with Crippen LogP contribution in [-0.2, 0) is 41.7 Å². The van der Waals surface area contributed by atoms with Crippen LogP contribution in [0.3, 0.4) is 0 Å². The van der Waals surface area contributed by atoms with Gasteiger partial charge in [0.1, 0.15) is 30.3 Å². The summed E-state index contributed by atoms with van der Waals surface area (Å²) >= 11 is 0. The second kappa shape index (κ2) is 19.0. The lowest BCUT2D eigenvalue weighted by molar-refractivity contribution is -0.160. The lowest BCUT2D eigenvalue weighted by Crippen LogP contribution is -2.58. The number of amides is 4. The van der Waals surface area contributed by atoms with E-state index in [9.17, 15) is 29.1 Å². The summed E-state index contributed by atoms with van der Waals surface area (Å²) in [6, 6.07) is 14.4. The number of aliphatic hydroxyl groups is 1. The number of hydrogen-bond acceptors (Lipinski definition) is 9. The first-order chi connectivity index (χ1) is 23.6. The molecule has 0 radical (unpaired) electrons. The van der Waals surface area contributed by atoms with Crippen molar-refractivity contribution in [3.05, 3.63) is 71.8 Å². The Morgan fingerprint density at radius 3 is 2.08 bits per heavy atom. The van der Waals surface area contributed by atoms with Gasteiger partial charge in [-0.25, -0.2) is 4.79 Å². The Hall–Kier alpha value is -4.49. The molecule has 6 N–H and O–H groups in total. The molecular weight excluding hydrogens is 642 g/mol. The zero-order valence-corrected chi connectivity index (χ0v) is 29.7. The first kappa shape index (κ1) is 39.9. The van der Waals surface area contributed by atoms with Crippen molar-refractivity contribution < 1.29 is 38.6 Å². The standard InChI is InChI=1S/C37H53N5O8/c1-24(2)19-28(41-36(48)49-23-26-15-10-7-11-16-26)33(45)40-29(21-32(38)44)34(46)39-27(20-25-13-8-6-9-14-25)31(43)22-42-18-12-17-30(42)35(47)50-37(3,4)5/h6-11,13-16,24,27-31,43H,12,17-23H2,1-5H3,(H2,38,44)(H,39,46)(H,40,45)(H,41,48)/t27-,28-,29-,30-,31+/m0/s1. The van der Waals surface area contributed by atoms with E-state index in [1.54, 1.807) is 32.9 Å². The molecule has 0 bridgehead atoms. The van der Waals surface area contributed by atoms with Crippen molar-refractivity contribution in [3.63, 3.8) is 0 Å². The minimum atomic E-state index is -1.40. The summed E-state index contributed by atoms with van der Waals surface area (Å²) in [5.74, 6) is -2.67. The minimum Gasteiger partial charge on any atom is -0.459 e. The molecule has 0 aliphatic carbocycles. The van der Waals surface area contributed by atoms with Crippen LogP contribution in [0, 0.1) is 5.92 Å². The van der Waals surface area contributed by atoms with Crippen LogP contribution in [0.1, 0.15) is 71.4 Å². The van der Waals surface area contributed by atoms with Crippen molar-refractivity contribution in [2.45, 2.75) is 109 Å². The molecular formula is C37H53N5O8. The van der Waals surface area contributed by atoms with Gasteiger partial charge >= 0.3 is 12.1 Å². The number of aliphatic hydroxyl groups excluding tert-OH is 1. The van der Waals surface area contributed by atoms with Gasteiger partial charge in [0.15, 0.2) is 0 Å². The Bertz CT molecular complexity index is 1420. The van der Waals surface area contributed by atoms with Gasteiger partial charge in [0.25, 0.3) is 0 Å². The van der Waals surface area contributed by atoms with Gasteiger partial charge in [-0.15, -0.1) is 0 Å². The highest BCUT2D eigenvalue weighted by molar-refractivity contribution is 5.94. The van der Waals surface area contributed by atoms with Crippen LogP contribution in [0.2, 0.25) is 0 Å². The Balaban J connectivity index is 1.75. The van der Waals surface area contributed by atoms with E-state index < -0.39 is 66.1 Å². The van der Waals surface area contributed by atoms with E-state index in [1.165, 1.54) is 0 Å². The molecule has 1 saturated heterocycles. The molecule has 0 saturated carbocycles. The molecule has 2 aromatic carbocycles. The number of nitrogens with two attached hydrogens (primary N) is 1. The maximum absolute atomic E-state index is 13.8. The van der Waals surface area contributed by atoms with E-state index in [-0.39, 0.29) is 37.9 Å². The highest BCUT2D eigenvalue weighted by Gasteiger charge is 2.37. The van der Waals surface area contributed by atoms with Crippen molar-refractivity contribution in [2.24, 2.45) is 11.7 Å². The highest BCUT2D eigenvalue weighted by Crippen LogP contribution is 2.22. The molecule has 13 nitrogen and oxygen atoms in total. The molecule has 13 heteroatoms. The Morgan fingerprint density at radius 2 is 1.50 bits per heavy atom. The number of likely N-dealkylation sites (tertiary alicyclic amines) is 1. The first-order valence-corrected chi connectivity index (χ1v) is 17.2. The number of ether oxygens (including phenoxy) is 2. The Labute approximate surface area is 294 Å². The molecule has 4 amide bonds. The average molecular weight is 696 g/mol. The minimum absolute atomic E-state index is 0.00350. The number of nitrogens with one attached hydrogen (secondary N) is 3. The molecule has 2 aromatic rings. The van der Waals surface area contributed by atoms with Crippen LogP contribution in [0.15, 0.2) is 60.7 Å². The maximum atomic E-state index is 13.8. The summed E-state index contributed by atoms with van der Waals surface area (Å²) in [5.41, 5.74) is 6.42. The van der Waals surface area contributed by atoms with Gasteiger partial charge in [-0.2, -0.15) is 0 Å². The molecule has 0 aromatic heterocycles. The SMILES string of the molecule is CC(C)C[C@H](NC(=O)OCc1ccccc1)C(=O)N[C@@H](CC(N)=O)C(=O)N[C@@H](Cc1ccccc1)[C@H](O)CN1CCC[C@H]1C(=O)OC(C)(C)C. The molecule has 1 aliphatic heterocycles. The quantitative estimate of drug-likeness (QED) is 0.155. The number of primary amides is 1. The van der Waals surface area contributed by atoms with Gasteiger partial charge in [-0.1, -0.05) is 74.5 Å². The Morgan fingerprint density at radius 1 is 0.900 bits per heavy atom. The number of rotatable bonds is 17. The number of β-amino-alcohol motifs (C(OH)–C–C–N with tert-alkyl or cyclic N) is 1. The zero-order valence-electron chi connectivity index (χ0n) is 29.7. The summed E-state index contributed by atoms with van der Waals surface area (Å²) in [6.07, 6.45) is -0.710. The predicted octanol–water partition coefficient (Wildman–Crippen LogP) is 2.58. The fourth-order valence-corrected chi connectivity index (χ4v) is 5.78. The molecule has 0 unspecified atom stereocenters. The summed E-state index contributed by atoms with van der Waals surface area (Å²) in [6.45, 7) is 9.75. The number of nitrogens with zero attached hydrogens (tertiary/aromatic N) is 1. The summed E-state index contributed by atoms with van der Waals surface area (Å²) < 4.78 is 10.9. The summed E-state index contributed by atoms with van der Waals surface area (Å²) in [7, 11) is 0. The van der Waals surface area contributed by atoms with Crippen LogP contribution in [0.4, 0.5) is 4.79 Å². The Kier molecular flexibility index (Phi) is 15.2. The smallest absolute Gasteiger partial charge is 0.408 e. The molecule has 1 fully saturated rings. The molecule has 1 heterocycles. The normalized spacial score (nSPS) is 17.2. The molecule has 1 aliphatic rings. The molecule has 5 atom stereocenters. The van der Waals surface area contributed by atoms with Crippen LogP contribution >= 0.6 is 0 Å². The topological polar surface area (TPSA) is 189 Å². The lowest BCUT2D eigenvalue weighted by atomic mass is 9.99. The summed E-state index contributed by atoms with van der Waals surface area (Å²) in [5, 5.41) is 19.5. The predicted molar refractivity (Wildman–Crippen MR) is 187 cm³/mol. The second-order valence-electron chi connectivity index (χ2n) is 14.2. The zero-order chi connectivity index (χ0) is 36.8. The van der Waals surface area contributed by atoms with Gasteiger partial charge in [-0.05, 0) is 70.0 Å². The lowest BCUT2D eigenvalue weighted by Gasteiger charge is -2.32. The van der Waals surface area contributed by atoms with Crippen molar-refractivity contribution >= 4 is 29.8 Å². The number of carbonyl (C=O) groups excluding carboxylic acids is 5. The van der Waals surface area contributed by atoms with E-state index in [1.807, 2.05) is 67.3 Å².